The Labute approximate surface area is 75.3 Å². The molecule has 0 N–H and O–H groups in total. The summed E-state index contributed by atoms with van der Waals surface area (Å²) in [6.45, 7) is 7.44. The average Bonchev–Trinajstić information content (AvgIpc) is 2.20. The van der Waals surface area contributed by atoms with Gasteiger partial charge in [0.05, 0.1) is 6.10 Å². The molecule has 0 saturated heterocycles. The first kappa shape index (κ1) is 11.1. The molecule has 1 unspecified atom stereocenters. The number of hydrogen-bond acceptors (Lipinski definition) is 1. The van der Waals surface area contributed by atoms with Crippen molar-refractivity contribution < 1.29 is 4.74 Å². The maximum atomic E-state index is 4.78. The molecule has 1 heterocycles. The van der Waals surface area contributed by atoms with Crippen LogP contribution in [-0.4, -0.2) is 20.1 Å². The normalized spacial score (nSPS) is 10.5. The summed E-state index contributed by atoms with van der Waals surface area (Å²) in [6.07, 6.45) is 1.95. The van der Waals surface area contributed by atoms with Crippen molar-refractivity contribution in [3.63, 3.8) is 0 Å². The van der Waals surface area contributed by atoms with Crippen LogP contribution in [0.5, 0.6) is 0 Å². The van der Waals surface area contributed by atoms with Gasteiger partial charge >= 0.3 is 37.0 Å². The number of methoxy groups -OCH3 is 1. The molecule has 12 heavy (non-hydrogen) atoms. The van der Waals surface area contributed by atoms with E-state index in [1.165, 1.54) is 0 Å². The summed E-state index contributed by atoms with van der Waals surface area (Å²) in [5, 5.41) is 0. The van der Waals surface area contributed by atoms with E-state index in [1.54, 1.807) is 13.2 Å². The first-order valence-electron chi connectivity index (χ1n) is 3.96. The van der Waals surface area contributed by atoms with Crippen LogP contribution in [0.1, 0.15) is 6.92 Å². The van der Waals surface area contributed by atoms with Gasteiger partial charge in [0.25, 0.3) is 0 Å². The van der Waals surface area contributed by atoms with Gasteiger partial charge in [-0.1, -0.05) is 6.08 Å². The Bertz CT molecular complexity index is 160. The van der Waals surface area contributed by atoms with E-state index in [2.05, 4.69) is 6.58 Å². The molecule has 0 aliphatic carbocycles. The van der Waals surface area contributed by atoms with Gasteiger partial charge in [-0.3, -0.25) is 0 Å². The zero-order valence-corrected chi connectivity index (χ0v) is 7.73. The summed E-state index contributed by atoms with van der Waals surface area (Å²) in [6, 6.07) is 6.00. The molecule has 0 aromatic carbocycles. The Hall–Kier alpha value is -0.885. The van der Waals surface area contributed by atoms with Gasteiger partial charge in [-0.25, -0.2) is 0 Å². The quantitative estimate of drug-likeness (QED) is 0.606. The van der Waals surface area contributed by atoms with Crippen LogP contribution in [-0.2, 0) is 4.74 Å². The summed E-state index contributed by atoms with van der Waals surface area (Å²) in [4.78, 5) is 0. The summed E-state index contributed by atoms with van der Waals surface area (Å²) in [5.41, 5.74) is 0. The van der Waals surface area contributed by atoms with Crippen LogP contribution in [0.3, 0.4) is 0 Å². The van der Waals surface area contributed by atoms with Gasteiger partial charge in [0.1, 0.15) is 0 Å². The molecule has 0 saturated carbocycles. The first-order valence-corrected chi connectivity index (χ1v) is 3.96. The maximum absolute atomic E-state index is 4.78. The van der Waals surface area contributed by atoms with Crippen LogP contribution >= 0.6 is 0 Å². The van der Waals surface area contributed by atoms with Crippen LogP contribution in [0.4, 0.5) is 0 Å². The zero-order chi connectivity index (χ0) is 9.23. The van der Waals surface area contributed by atoms with Gasteiger partial charge in [-0.15, -0.1) is 6.58 Å². The van der Waals surface area contributed by atoms with E-state index in [0.717, 1.165) is 0 Å². The van der Waals surface area contributed by atoms with E-state index in [1.807, 2.05) is 44.0 Å². The predicted molar refractivity (Wildman–Crippen MR) is 54.5 cm³/mol. The molecule has 0 amide bonds. The molecule has 64 valence electrons. The van der Waals surface area contributed by atoms with E-state index in [-0.39, 0.29) is 6.10 Å². The van der Waals surface area contributed by atoms with E-state index in [0.29, 0.717) is 0 Å². The van der Waals surface area contributed by atoms with Crippen LogP contribution in [0.2, 0.25) is 0 Å². The van der Waals surface area contributed by atoms with Gasteiger partial charge < -0.3 is 4.74 Å². The fourth-order valence-corrected chi connectivity index (χ4v) is 0.481. The Morgan fingerprint density at radius 3 is 2.00 bits per heavy atom. The van der Waals surface area contributed by atoms with Crippen molar-refractivity contribution in [3.8, 4) is 0 Å². The van der Waals surface area contributed by atoms with Crippen molar-refractivity contribution in [2.45, 2.75) is 13.0 Å². The van der Waals surface area contributed by atoms with Gasteiger partial charge in [0.2, 0.25) is 0 Å². The minimum atomic E-state index is 0.199. The molecule has 2 heteroatoms. The summed E-state index contributed by atoms with van der Waals surface area (Å²) in [7, 11) is 1.66. The van der Waals surface area contributed by atoms with Gasteiger partial charge in [0.15, 0.2) is 0 Å². The molecule has 0 fully saturated rings. The first-order chi connectivity index (χ1) is 5.81. The van der Waals surface area contributed by atoms with Crippen molar-refractivity contribution in [1.82, 2.24) is 0 Å². The second kappa shape index (κ2) is 8.21. The van der Waals surface area contributed by atoms with Crippen LogP contribution in [0.15, 0.2) is 42.8 Å². The monoisotopic (exact) mass is 162 g/mol. The van der Waals surface area contributed by atoms with Crippen molar-refractivity contribution in [2.24, 2.45) is 0 Å². The minimum absolute atomic E-state index is 0.199. The Kier molecular flexibility index (Phi) is 7.61. The van der Waals surface area contributed by atoms with E-state index in [9.17, 15) is 0 Å². The third-order valence-corrected chi connectivity index (χ3v) is 1.37. The average molecular weight is 162 g/mol. The van der Waals surface area contributed by atoms with Gasteiger partial charge in [0, 0.05) is 7.11 Å². The zero-order valence-electron chi connectivity index (χ0n) is 7.73. The fraction of sp³-hybridized carbons (Fsp3) is 0.300. The van der Waals surface area contributed by atoms with Crippen LogP contribution in [0.25, 0.3) is 0 Å². The van der Waals surface area contributed by atoms with Gasteiger partial charge in [-0.05, 0) is 6.92 Å². The molecule has 0 aliphatic heterocycles. The van der Waals surface area contributed by atoms with Crippen molar-refractivity contribution in [2.75, 3.05) is 7.11 Å². The van der Waals surface area contributed by atoms with E-state index < -0.39 is 0 Å². The third kappa shape index (κ3) is 7.22. The third-order valence-electron chi connectivity index (χ3n) is 1.37. The van der Waals surface area contributed by atoms with Crippen LogP contribution < -0.4 is 0 Å². The molecular formula is C10H15BO. The van der Waals surface area contributed by atoms with E-state index in [4.69, 9.17) is 4.74 Å². The van der Waals surface area contributed by atoms with Gasteiger partial charge in [-0.2, -0.15) is 0 Å². The Balaban J connectivity index is 0.000000202. The van der Waals surface area contributed by atoms with Crippen molar-refractivity contribution >= 4 is 6.91 Å². The standard InChI is InChI=1S/C5H5B.C5H10O/c1-2-4-6-5-3-1;1-4-5(2)6-3/h1-5H;4-5H,1H2,2-3H3. The second-order valence-corrected chi connectivity index (χ2v) is 2.33. The number of rotatable bonds is 2. The Morgan fingerprint density at radius 1 is 1.33 bits per heavy atom. The molecule has 0 aliphatic rings. The SMILES string of the molecule is C=CC(C)OC.b1ccccc1. The van der Waals surface area contributed by atoms with Crippen molar-refractivity contribution in [3.05, 3.63) is 42.8 Å². The molecule has 0 bridgehead atoms. The molecule has 0 radical (unpaired) electrons. The molecule has 1 nitrogen and oxygen atoms in total. The fourth-order valence-electron chi connectivity index (χ4n) is 0.481. The topological polar surface area (TPSA) is 9.23 Å². The number of hydrogen-bond donors (Lipinski definition) is 0. The summed E-state index contributed by atoms with van der Waals surface area (Å²) < 4.78 is 4.78. The summed E-state index contributed by atoms with van der Waals surface area (Å²) in [5.74, 6) is 4.00. The molecular weight excluding hydrogens is 147 g/mol. The summed E-state index contributed by atoms with van der Waals surface area (Å²) >= 11 is 0. The second-order valence-electron chi connectivity index (χ2n) is 2.33. The Morgan fingerprint density at radius 2 is 1.92 bits per heavy atom. The van der Waals surface area contributed by atoms with E-state index >= 15 is 0 Å². The molecule has 1 aromatic heterocycles. The molecule has 0 spiro atoms. The van der Waals surface area contributed by atoms with Crippen molar-refractivity contribution in [1.29, 1.82) is 0 Å². The van der Waals surface area contributed by atoms with Crippen LogP contribution in [0, 0.1) is 0 Å². The molecule has 1 rings (SSSR count). The predicted octanol–water partition coefficient (Wildman–Crippen LogP) is 2.23. The molecule has 1 atom stereocenters. The molecule has 1 aromatic rings. The number of ether oxygens (including phenoxy) is 1.